The Kier molecular flexibility index (Phi) is 6.60. The maximum Gasteiger partial charge on any atom is 0.340 e. The van der Waals surface area contributed by atoms with Crippen molar-refractivity contribution in [2.45, 2.75) is 13.8 Å². The van der Waals surface area contributed by atoms with Crippen LogP contribution in [-0.4, -0.2) is 33.2 Å². The molecule has 0 radical (unpaired) electrons. The fourth-order valence-electron chi connectivity index (χ4n) is 3.32. The molecule has 0 aliphatic rings. The first kappa shape index (κ1) is 21.9. The Labute approximate surface area is 181 Å². The maximum absolute atomic E-state index is 12.7. The minimum Gasteiger partial charge on any atom is -0.493 e. The number of rotatable bonds is 6. The molecule has 0 aromatic heterocycles. The molecule has 1 N–H and O–H groups in total. The van der Waals surface area contributed by atoms with Crippen molar-refractivity contribution in [1.29, 1.82) is 0 Å². The Morgan fingerprint density at radius 2 is 1.52 bits per heavy atom. The van der Waals surface area contributed by atoms with Crippen molar-refractivity contribution in [3.8, 4) is 11.5 Å². The minimum atomic E-state index is -0.596. The number of esters is 1. The van der Waals surface area contributed by atoms with Gasteiger partial charge in [0.25, 0.3) is 0 Å². The van der Waals surface area contributed by atoms with Crippen molar-refractivity contribution in [2.75, 3.05) is 26.6 Å². The van der Waals surface area contributed by atoms with E-state index in [0.29, 0.717) is 11.5 Å². The molecular weight excluding hydrogens is 394 g/mol. The van der Waals surface area contributed by atoms with Gasteiger partial charge >= 0.3 is 5.97 Å². The quantitative estimate of drug-likeness (QED) is 0.450. The Bertz CT molecular complexity index is 1180. The first-order valence-electron chi connectivity index (χ1n) is 9.70. The van der Waals surface area contributed by atoms with Gasteiger partial charge in [-0.05, 0) is 41.8 Å². The molecule has 3 aromatic rings. The average molecular weight is 419 g/mol. The van der Waals surface area contributed by atoms with Crippen LogP contribution in [0.3, 0.4) is 0 Å². The molecule has 6 heteroatoms. The molecular formula is C25H25NO5. The Balaban J connectivity index is 1.90. The number of hydrogen-bond donors (Lipinski definition) is 1. The third-order valence-corrected chi connectivity index (χ3v) is 4.99. The van der Waals surface area contributed by atoms with Crippen LogP contribution in [0.4, 0.5) is 5.69 Å². The van der Waals surface area contributed by atoms with Crippen molar-refractivity contribution in [2.24, 2.45) is 0 Å². The number of methoxy groups -OCH3 is 3. The zero-order valence-electron chi connectivity index (χ0n) is 18.2. The third-order valence-electron chi connectivity index (χ3n) is 4.99. The lowest BCUT2D eigenvalue weighted by Crippen LogP contribution is -2.14. The van der Waals surface area contributed by atoms with E-state index in [1.807, 2.05) is 25.1 Å². The first-order chi connectivity index (χ1) is 14.9. The van der Waals surface area contributed by atoms with Crippen molar-refractivity contribution in [1.82, 2.24) is 0 Å². The van der Waals surface area contributed by atoms with Gasteiger partial charge in [-0.25, -0.2) is 4.79 Å². The second-order valence-corrected chi connectivity index (χ2v) is 7.13. The summed E-state index contributed by atoms with van der Waals surface area (Å²) in [6.07, 6.45) is 1.49. The predicted molar refractivity (Wildman–Crippen MR) is 122 cm³/mol. The fourth-order valence-corrected chi connectivity index (χ4v) is 3.32. The van der Waals surface area contributed by atoms with E-state index in [-0.39, 0.29) is 17.2 Å². The van der Waals surface area contributed by atoms with E-state index in [2.05, 4.69) is 30.4 Å². The maximum atomic E-state index is 12.7. The minimum absolute atomic E-state index is 0.167. The number of allylic oxidation sites excluding steroid dienone is 1. The summed E-state index contributed by atoms with van der Waals surface area (Å²) in [5.74, 6) is -0.226. The molecule has 6 nitrogen and oxygen atoms in total. The van der Waals surface area contributed by atoms with Crippen LogP contribution in [0.2, 0.25) is 0 Å². The Morgan fingerprint density at radius 1 is 0.871 bits per heavy atom. The van der Waals surface area contributed by atoms with Crippen molar-refractivity contribution >= 4 is 33.9 Å². The highest BCUT2D eigenvalue weighted by atomic mass is 16.5. The number of nitrogens with one attached hydrogen (secondary N) is 1. The number of carbonyl (C=O) groups is 2. The number of anilines is 1. The van der Waals surface area contributed by atoms with E-state index in [1.54, 1.807) is 0 Å². The molecule has 3 rings (SSSR count). The van der Waals surface area contributed by atoms with Crippen LogP contribution >= 0.6 is 0 Å². The standard InChI is InChI=1S/C25H25NO5/c1-15-6-7-19-12-17(8-9-18(19)10-15)16(2)11-24(27)26-21-14-23(30-4)22(29-3)13-20(21)25(28)31-5/h6-14H,1-5H3,(H,26,27). The highest BCUT2D eigenvalue weighted by Gasteiger charge is 2.18. The molecule has 0 bridgehead atoms. The third kappa shape index (κ3) is 4.86. The van der Waals surface area contributed by atoms with Gasteiger partial charge < -0.3 is 19.5 Å². The van der Waals surface area contributed by atoms with Crippen LogP contribution in [0.5, 0.6) is 11.5 Å². The fraction of sp³-hybridized carbons (Fsp3) is 0.200. The summed E-state index contributed by atoms with van der Waals surface area (Å²) in [5, 5.41) is 4.99. The molecule has 0 saturated heterocycles. The molecule has 0 saturated carbocycles. The number of ether oxygens (including phenoxy) is 3. The van der Waals surface area contributed by atoms with Crippen LogP contribution in [0.1, 0.15) is 28.4 Å². The van der Waals surface area contributed by atoms with Gasteiger partial charge in [0.05, 0.1) is 32.6 Å². The topological polar surface area (TPSA) is 73.9 Å². The number of carbonyl (C=O) groups excluding carboxylic acids is 2. The second-order valence-electron chi connectivity index (χ2n) is 7.13. The molecule has 31 heavy (non-hydrogen) atoms. The summed E-state index contributed by atoms with van der Waals surface area (Å²) >= 11 is 0. The van der Waals surface area contributed by atoms with Gasteiger partial charge in [0, 0.05) is 18.2 Å². The Morgan fingerprint density at radius 3 is 2.19 bits per heavy atom. The van der Waals surface area contributed by atoms with E-state index in [0.717, 1.165) is 21.9 Å². The van der Waals surface area contributed by atoms with Gasteiger partial charge in [0.2, 0.25) is 5.91 Å². The number of benzene rings is 3. The molecule has 160 valence electrons. The predicted octanol–water partition coefficient (Wildman–Crippen LogP) is 4.99. The van der Waals surface area contributed by atoms with Gasteiger partial charge in [-0.3, -0.25) is 4.79 Å². The van der Waals surface area contributed by atoms with E-state index in [4.69, 9.17) is 14.2 Å². The molecule has 0 fully saturated rings. The lowest BCUT2D eigenvalue weighted by atomic mass is 10.0. The highest BCUT2D eigenvalue weighted by Crippen LogP contribution is 2.34. The average Bonchev–Trinajstić information content (AvgIpc) is 2.77. The SMILES string of the molecule is COC(=O)c1cc(OC)c(OC)cc1NC(=O)C=C(C)c1ccc2cc(C)ccc2c1. The number of aryl methyl sites for hydroxylation is 1. The van der Waals surface area contributed by atoms with E-state index in [1.165, 1.54) is 45.1 Å². The molecule has 0 spiro atoms. The van der Waals surface area contributed by atoms with Crippen molar-refractivity contribution < 1.29 is 23.8 Å². The van der Waals surface area contributed by atoms with Crippen LogP contribution in [0.15, 0.2) is 54.6 Å². The van der Waals surface area contributed by atoms with E-state index >= 15 is 0 Å². The number of fused-ring (bicyclic) bond motifs is 1. The lowest BCUT2D eigenvalue weighted by Gasteiger charge is -2.14. The normalized spacial score (nSPS) is 11.2. The molecule has 1 amide bonds. The number of amides is 1. The van der Waals surface area contributed by atoms with Crippen molar-refractivity contribution in [3.63, 3.8) is 0 Å². The second kappa shape index (κ2) is 9.34. The number of hydrogen-bond acceptors (Lipinski definition) is 5. The van der Waals surface area contributed by atoms with Gasteiger partial charge in [-0.15, -0.1) is 0 Å². The molecule has 0 unspecified atom stereocenters. The molecule has 3 aromatic carbocycles. The summed E-state index contributed by atoms with van der Waals surface area (Å²) in [6, 6.07) is 15.3. The summed E-state index contributed by atoms with van der Waals surface area (Å²) < 4.78 is 15.4. The molecule has 0 heterocycles. The van der Waals surface area contributed by atoms with Crippen LogP contribution < -0.4 is 14.8 Å². The van der Waals surface area contributed by atoms with Crippen LogP contribution in [0.25, 0.3) is 16.3 Å². The smallest absolute Gasteiger partial charge is 0.340 e. The van der Waals surface area contributed by atoms with Crippen LogP contribution in [-0.2, 0) is 9.53 Å². The lowest BCUT2D eigenvalue weighted by molar-refractivity contribution is -0.111. The van der Waals surface area contributed by atoms with Crippen molar-refractivity contribution in [3.05, 3.63) is 71.3 Å². The molecule has 0 aliphatic carbocycles. The first-order valence-corrected chi connectivity index (χ1v) is 9.70. The highest BCUT2D eigenvalue weighted by molar-refractivity contribution is 6.08. The van der Waals surface area contributed by atoms with Gasteiger partial charge in [-0.1, -0.05) is 35.9 Å². The summed E-state index contributed by atoms with van der Waals surface area (Å²) in [7, 11) is 4.22. The van der Waals surface area contributed by atoms with Crippen LogP contribution in [0, 0.1) is 6.92 Å². The van der Waals surface area contributed by atoms with E-state index < -0.39 is 5.97 Å². The zero-order valence-corrected chi connectivity index (χ0v) is 18.2. The Hall–Kier alpha value is -3.80. The molecule has 0 aliphatic heterocycles. The van der Waals surface area contributed by atoms with Gasteiger partial charge in [0.1, 0.15) is 0 Å². The van der Waals surface area contributed by atoms with Gasteiger partial charge in [-0.2, -0.15) is 0 Å². The molecule has 0 atom stereocenters. The van der Waals surface area contributed by atoms with Gasteiger partial charge in [0.15, 0.2) is 11.5 Å². The van der Waals surface area contributed by atoms with E-state index in [9.17, 15) is 9.59 Å². The summed E-state index contributed by atoms with van der Waals surface area (Å²) in [5.41, 5.74) is 3.36. The largest absolute Gasteiger partial charge is 0.493 e. The summed E-state index contributed by atoms with van der Waals surface area (Å²) in [4.78, 5) is 24.9. The summed E-state index contributed by atoms with van der Waals surface area (Å²) in [6.45, 7) is 3.92. The zero-order chi connectivity index (χ0) is 22.5. The monoisotopic (exact) mass is 419 g/mol.